The number of hydrogen-bond donors (Lipinski definition) is 1. The predicted octanol–water partition coefficient (Wildman–Crippen LogP) is 1.08. The van der Waals surface area contributed by atoms with E-state index in [1.807, 2.05) is 0 Å². The van der Waals surface area contributed by atoms with Crippen LogP contribution < -0.4 is 0 Å². The molecule has 0 saturated carbocycles. The molecular formula is C4H3ClN3O3Y-. The second-order valence-electron chi connectivity index (χ2n) is 1.27. The quantitative estimate of drug-likeness (QED) is 0.430. The summed E-state index contributed by atoms with van der Waals surface area (Å²) < 4.78 is 0. The van der Waals surface area contributed by atoms with Gasteiger partial charge in [0.25, 0.3) is 0 Å². The molecule has 0 aliphatic rings. The van der Waals surface area contributed by atoms with E-state index in [0.29, 0.717) is 0 Å². The maximum absolute atomic E-state index is 8.58. The van der Waals surface area contributed by atoms with E-state index in [9.17, 15) is 0 Å². The normalized spacial score (nSPS) is 7.08. The van der Waals surface area contributed by atoms with Gasteiger partial charge in [-0.2, -0.15) is 0 Å². The SMILES string of the molecule is O=N[O-].Oc1cc(Cl)ncn1.[Y]. The largest absolute Gasteiger partial charge is 0.493 e. The van der Waals surface area contributed by atoms with Crippen LogP contribution in [0.1, 0.15) is 0 Å². The summed E-state index contributed by atoms with van der Waals surface area (Å²) in [5, 5.41) is 17.8. The van der Waals surface area contributed by atoms with Gasteiger partial charge in [-0.25, -0.2) is 9.97 Å². The zero-order chi connectivity index (χ0) is 8.69. The van der Waals surface area contributed by atoms with Gasteiger partial charge in [0.05, 0.1) is 0 Å². The Labute approximate surface area is 97.8 Å². The van der Waals surface area contributed by atoms with Crippen molar-refractivity contribution in [2.45, 2.75) is 0 Å². The molecule has 6 nitrogen and oxygen atoms in total. The number of halogens is 1. The second kappa shape index (κ2) is 8.77. The molecule has 12 heavy (non-hydrogen) atoms. The Morgan fingerprint density at radius 1 is 1.58 bits per heavy atom. The molecule has 1 rings (SSSR count). The molecule has 0 bridgehead atoms. The van der Waals surface area contributed by atoms with Crippen molar-refractivity contribution in [1.29, 1.82) is 0 Å². The van der Waals surface area contributed by atoms with Crippen LogP contribution in [-0.4, -0.2) is 15.1 Å². The Morgan fingerprint density at radius 2 is 2.08 bits per heavy atom. The number of aromatic nitrogens is 2. The van der Waals surface area contributed by atoms with Crippen molar-refractivity contribution in [1.82, 2.24) is 9.97 Å². The summed E-state index contributed by atoms with van der Waals surface area (Å²) in [6.45, 7) is 0. The zero-order valence-electron chi connectivity index (χ0n) is 5.72. The Kier molecular flexibility index (Phi) is 10.4. The van der Waals surface area contributed by atoms with Gasteiger partial charge >= 0.3 is 0 Å². The van der Waals surface area contributed by atoms with Gasteiger partial charge < -0.3 is 15.2 Å². The van der Waals surface area contributed by atoms with Crippen LogP contribution in [0.3, 0.4) is 0 Å². The summed E-state index contributed by atoms with van der Waals surface area (Å²) in [6, 6.07) is 1.27. The summed E-state index contributed by atoms with van der Waals surface area (Å²) >= 11 is 5.33. The van der Waals surface area contributed by atoms with Gasteiger partial charge in [-0.15, -0.1) is 5.34 Å². The predicted molar refractivity (Wildman–Crippen MR) is 37.9 cm³/mol. The fourth-order valence-electron chi connectivity index (χ4n) is 0.324. The molecule has 1 aromatic rings. The summed E-state index contributed by atoms with van der Waals surface area (Å²) in [5.74, 6) is -0.106. The minimum Gasteiger partial charge on any atom is -0.493 e. The average Bonchev–Trinajstić information content (AvgIpc) is 1.88. The van der Waals surface area contributed by atoms with Crippen molar-refractivity contribution in [3.05, 3.63) is 27.7 Å². The number of nitrogens with zero attached hydrogens (tertiary/aromatic N) is 3. The van der Waals surface area contributed by atoms with Crippen LogP contribution in [-0.2, 0) is 32.7 Å². The first kappa shape index (κ1) is 14.2. The summed E-state index contributed by atoms with van der Waals surface area (Å²) in [4.78, 5) is 14.9. The first-order valence-electron chi connectivity index (χ1n) is 2.32. The molecular weight excluding hydrogens is 262 g/mol. The van der Waals surface area contributed by atoms with E-state index in [-0.39, 0.29) is 43.7 Å². The molecule has 0 aliphatic carbocycles. The molecule has 0 unspecified atom stereocenters. The van der Waals surface area contributed by atoms with Crippen LogP contribution >= 0.6 is 11.6 Å². The fraction of sp³-hybridized carbons (Fsp3) is 0. The van der Waals surface area contributed by atoms with Crippen molar-refractivity contribution in [2.24, 2.45) is 5.34 Å². The van der Waals surface area contributed by atoms with E-state index in [2.05, 4.69) is 9.97 Å². The van der Waals surface area contributed by atoms with Crippen LogP contribution in [0.15, 0.2) is 17.7 Å². The van der Waals surface area contributed by atoms with Crippen LogP contribution in [0.5, 0.6) is 5.88 Å². The van der Waals surface area contributed by atoms with Gasteiger partial charge in [-0.05, 0) is 0 Å². The topological polar surface area (TPSA) is 98.5 Å². The number of hydrogen-bond acceptors (Lipinski definition) is 6. The molecule has 0 aromatic carbocycles. The first-order valence-corrected chi connectivity index (χ1v) is 2.70. The van der Waals surface area contributed by atoms with Gasteiger partial charge in [0.1, 0.15) is 11.5 Å². The minimum atomic E-state index is -0.106. The molecule has 0 spiro atoms. The second-order valence-corrected chi connectivity index (χ2v) is 1.66. The average molecular weight is 265 g/mol. The first-order chi connectivity index (χ1) is 5.20. The van der Waals surface area contributed by atoms with Crippen molar-refractivity contribution in [2.75, 3.05) is 0 Å². The smallest absolute Gasteiger partial charge is 0.215 e. The van der Waals surface area contributed by atoms with Crippen molar-refractivity contribution in [3.63, 3.8) is 0 Å². The Morgan fingerprint density at radius 3 is 2.33 bits per heavy atom. The van der Waals surface area contributed by atoms with Crippen molar-refractivity contribution >= 4 is 11.6 Å². The molecule has 63 valence electrons. The third-order valence-electron chi connectivity index (χ3n) is 0.619. The van der Waals surface area contributed by atoms with Gasteiger partial charge in [0.15, 0.2) is 0 Å². The summed E-state index contributed by atoms with van der Waals surface area (Å²) in [5.41, 5.74) is 0. The van der Waals surface area contributed by atoms with E-state index < -0.39 is 0 Å². The molecule has 1 heterocycles. The molecule has 1 N–H and O–H groups in total. The molecule has 1 radical (unpaired) electrons. The summed E-state index contributed by atoms with van der Waals surface area (Å²) in [6.07, 6.45) is 1.19. The maximum atomic E-state index is 8.58. The van der Waals surface area contributed by atoms with E-state index in [1.54, 1.807) is 0 Å². The standard InChI is InChI=1S/C4H3ClN2O.HNO2.Y/c5-3-1-4(8)7-2-6-3;2-1-3;/h1-2H,(H,6,7,8);(H,2,3);/p-1. The van der Waals surface area contributed by atoms with Crippen LogP contribution in [0.2, 0.25) is 5.15 Å². The molecule has 8 heteroatoms. The van der Waals surface area contributed by atoms with Gasteiger partial charge in [0.2, 0.25) is 5.88 Å². The Bertz CT molecular complexity index is 219. The monoisotopic (exact) mass is 265 g/mol. The van der Waals surface area contributed by atoms with Gasteiger partial charge in [-0.3, -0.25) is 0 Å². The van der Waals surface area contributed by atoms with Crippen molar-refractivity contribution in [3.8, 4) is 5.88 Å². The van der Waals surface area contributed by atoms with Gasteiger partial charge in [0, 0.05) is 38.8 Å². The number of aromatic hydroxyl groups is 1. The molecule has 0 aliphatic heterocycles. The third kappa shape index (κ3) is 7.78. The molecule has 0 amide bonds. The van der Waals surface area contributed by atoms with Crippen LogP contribution in [0, 0.1) is 10.1 Å². The molecule has 0 saturated heterocycles. The van der Waals surface area contributed by atoms with E-state index in [1.165, 1.54) is 12.4 Å². The van der Waals surface area contributed by atoms with E-state index in [0.717, 1.165) is 5.34 Å². The summed E-state index contributed by atoms with van der Waals surface area (Å²) in [7, 11) is 0. The van der Waals surface area contributed by atoms with Crippen LogP contribution in [0.25, 0.3) is 0 Å². The zero-order valence-corrected chi connectivity index (χ0v) is 9.31. The number of rotatable bonds is 0. The van der Waals surface area contributed by atoms with E-state index >= 15 is 0 Å². The maximum Gasteiger partial charge on any atom is 0.215 e. The van der Waals surface area contributed by atoms with Crippen LogP contribution in [0.4, 0.5) is 0 Å². The van der Waals surface area contributed by atoms with Gasteiger partial charge in [-0.1, -0.05) is 11.6 Å². The Balaban J connectivity index is 0. The Hall–Kier alpha value is -0.326. The molecule has 0 atom stereocenters. The third-order valence-corrected chi connectivity index (χ3v) is 0.826. The van der Waals surface area contributed by atoms with Crippen molar-refractivity contribution < 1.29 is 37.8 Å². The fourth-order valence-corrected chi connectivity index (χ4v) is 0.465. The molecule has 1 aromatic heterocycles. The minimum absolute atomic E-state index is 0. The molecule has 0 fully saturated rings. The van der Waals surface area contributed by atoms with E-state index in [4.69, 9.17) is 26.8 Å².